The van der Waals surface area contributed by atoms with E-state index < -0.39 is 8.22 Å². The molecule has 3 heterocycles. The topological polar surface area (TPSA) is 19.4 Å². The third kappa shape index (κ3) is 2.23. The SMILES string of the molecule is c1ccc(N2C[C@@H]3CCCN3P2c2cccc3cccnc23)cc1. The number of para-hydroxylation sites is 2. The third-order valence-electron chi connectivity index (χ3n) is 5.08. The third-order valence-corrected chi connectivity index (χ3v) is 7.74. The van der Waals surface area contributed by atoms with Crippen LogP contribution in [0.2, 0.25) is 0 Å². The fraction of sp³-hybridized carbons (Fsp3) is 0.250. The maximum atomic E-state index is 4.73. The average molecular weight is 333 g/mol. The lowest BCUT2D eigenvalue weighted by molar-refractivity contribution is 0.467. The minimum Gasteiger partial charge on any atom is -0.333 e. The molecule has 3 nitrogen and oxygen atoms in total. The van der Waals surface area contributed by atoms with Gasteiger partial charge in [0.1, 0.15) is 8.22 Å². The molecule has 120 valence electrons. The van der Waals surface area contributed by atoms with Crippen molar-refractivity contribution in [2.75, 3.05) is 17.8 Å². The number of hydrogen-bond acceptors (Lipinski definition) is 3. The van der Waals surface area contributed by atoms with Gasteiger partial charge in [0.15, 0.2) is 0 Å². The molecular weight excluding hydrogens is 313 g/mol. The zero-order chi connectivity index (χ0) is 15.9. The standard InChI is InChI=1S/C20H20N3P/c1-2-9-17(10-3-1)23-15-18-11-6-14-22(18)24(23)19-12-4-7-16-8-5-13-21-20(16)19/h1-5,7-10,12-13,18H,6,11,14-15H2/t18-,24?/m0/s1. The number of nitrogens with zero attached hydrogens (tertiary/aromatic N) is 3. The number of pyridine rings is 1. The zero-order valence-electron chi connectivity index (χ0n) is 13.5. The number of anilines is 1. The largest absolute Gasteiger partial charge is 0.333 e. The highest BCUT2D eigenvalue weighted by Crippen LogP contribution is 2.55. The predicted molar refractivity (Wildman–Crippen MR) is 102 cm³/mol. The van der Waals surface area contributed by atoms with Gasteiger partial charge in [0.25, 0.3) is 0 Å². The van der Waals surface area contributed by atoms with Crippen molar-refractivity contribution < 1.29 is 0 Å². The molecule has 0 amide bonds. The summed E-state index contributed by atoms with van der Waals surface area (Å²) in [6.07, 6.45) is 4.57. The van der Waals surface area contributed by atoms with Gasteiger partial charge in [-0.05, 0) is 37.1 Å². The smallest absolute Gasteiger partial charge is 0.103 e. The Balaban J connectivity index is 1.67. The van der Waals surface area contributed by atoms with Gasteiger partial charge in [0.05, 0.1) is 5.52 Å². The van der Waals surface area contributed by atoms with E-state index in [4.69, 9.17) is 4.98 Å². The molecule has 3 aromatic rings. The molecule has 0 spiro atoms. The van der Waals surface area contributed by atoms with Gasteiger partial charge in [-0.15, -0.1) is 0 Å². The van der Waals surface area contributed by atoms with E-state index in [2.05, 4.69) is 63.9 Å². The number of benzene rings is 2. The lowest BCUT2D eigenvalue weighted by Gasteiger charge is -2.31. The van der Waals surface area contributed by atoms with E-state index in [1.165, 1.54) is 41.3 Å². The molecular formula is C20H20N3P. The number of rotatable bonds is 2. The number of fused-ring (bicyclic) bond motifs is 2. The molecule has 2 atom stereocenters. The summed E-state index contributed by atoms with van der Waals surface area (Å²) in [7, 11) is -0.516. The summed E-state index contributed by atoms with van der Waals surface area (Å²) in [5, 5.41) is 2.64. The highest BCUT2D eigenvalue weighted by atomic mass is 31.1. The summed E-state index contributed by atoms with van der Waals surface area (Å²) < 4.78 is 5.37. The van der Waals surface area contributed by atoms with Crippen molar-refractivity contribution >= 4 is 30.1 Å². The van der Waals surface area contributed by atoms with Crippen LogP contribution in [0.4, 0.5) is 5.69 Å². The van der Waals surface area contributed by atoms with E-state index in [9.17, 15) is 0 Å². The molecule has 0 aliphatic carbocycles. The van der Waals surface area contributed by atoms with E-state index in [-0.39, 0.29) is 0 Å². The summed E-state index contributed by atoms with van der Waals surface area (Å²) in [5.74, 6) is 0. The predicted octanol–water partition coefficient (Wildman–Crippen LogP) is 4.16. The molecule has 2 aromatic carbocycles. The van der Waals surface area contributed by atoms with Crippen LogP contribution in [0, 0.1) is 0 Å². The van der Waals surface area contributed by atoms with Crippen molar-refractivity contribution in [2.45, 2.75) is 18.9 Å². The van der Waals surface area contributed by atoms with Crippen LogP contribution in [-0.4, -0.2) is 28.8 Å². The molecule has 24 heavy (non-hydrogen) atoms. The summed E-state index contributed by atoms with van der Waals surface area (Å²) in [4.78, 5) is 4.73. The summed E-state index contributed by atoms with van der Waals surface area (Å²) in [6, 6.07) is 22.4. The first kappa shape index (κ1) is 14.4. The maximum Gasteiger partial charge on any atom is 0.103 e. The van der Waals surface area contributed by atoms with Gasteiger partial charge in [-0.3, -0.25) is 9.65 Å². The Bertz CT molecular complexity index is 862. The Morgan fingerprint density at radius 1 is 0.958 bits per heavy atom. The molecule has 2 aliphatic rings. The van der Waals surface area contributed by atoms with Crippen LogP contribution < -0.4 is 9.97 Å². The molecule has 2 aliphatic heterocycles. The minimum absolute atomic E-state index is 0.516. The molecule has 0 bridgehead atoms. The second-order valence-electron chi connectivity index (χ2n) is 6.52. The monoisotopic (exact) mass is 333 g/mol. The Morgan fingerprint density at radius 3 is 2.75 bits per heavy atom. The van der Waals surface area contributed by atoms with E-state index in [1.54, 1.807) is 0 Å². The van der Waals surface area contributed by atoms with Crippen LogP contribution >= 0.6 is 8.22 Å². The fourth-order valence-electron chi connectivity index (χ4n) is 4.00. The first-order chi connectivity index (χ1) is 11.9. The molecule has 1 unspecified atom stereocenters. The molecule has 1 aromatic heterocycles. The van der Waals surface area contributed by atoms with Gasteiger partial charge in [-0.25, -0.2) is 0 Å². The lowest BCUT2D eigenvalue weighted by atomic mass is 10.2. The maximum absolute atomic E-state index is 4.73. The number of hydrogen-bond donors (Lipinski definition) is 0. The van der Waals surface area contributed by atoms with Crippen molar-refractivity contribution in [1.82, 2.24) is 9.65 Å². The number of aromatic nitrogens is 1. The summed E-state index contributed by atoms with van der Waals surface area (Å²) in [6.45, 7) is 2.35. The molecule has 0 radical (unpaired) electrons. The van der Waals surface area contributed by atoms with E-state index >= 15 is 0 Å². The van der Waals surface area contributed by atoms with Crippen molar-refractivity contribution in [3.05, 3.63) is 66.9 Å². The van der Waals surface area contributed by atoms with Crippen LogP contribution in [0.15, 0.2) is 66.9 Å². The highest BCUT2D eigenvalue weighted by Gasteiger charge is 2.43. The van der Waals surface area contributed by atoms with Crippen molar-refractivity contribution in [1.29, 1.82) is 0 Å². The quantitative estimate of drug-likeness (QED) is 0.657. The van der Waals surface area contributed by atoms with Gasteiger partial charge in [0, 0.05) is 41.7 Å². The Kier molecular flexibility index (Phi) is 3.50. The summed E-state index contributed by atoms with van der Waals surface area (Å²) >= 11 is 0. The molecule has 2 fully saturated rings. The van der Waals surface area contributed by atoms with Gasteiger partial charge < -0.3 is 4.67 Å². The molecule has 0 saturated carbocycles. The van der Waals surface area contributed by atoms with Crippen LogP contribution in [0.5, 0.6) is 0 Å². The Morgan fingerprint density at radius 2 is 1.83 bits per heavy atom. The molecule has 2 saturated heterocycles. The Labute approximate surface area is 143 Å². The fourth-order valence-corrected chi connectivity index (χ4v) is 6.94. The second-order valence-corrected chi connectivity index (χ2v) is 8.58. The molecule has 5 rings (SSSR count). The average Bonchev–Trinajstić information content (AvgIpc) is 3.23. The van der Waals surface area contributed by atoms with E-state index in [0.29, 0.717) is 6.04 Å². The second kappa shape index (κ2) is 5.84. The lowest BCUT2D eigenvalue weighted by Crippen LogP contribution is -2.24. The van der Waals surface area contributed by atoms with Crippen LogP contribution in [-0.2, 0) is 0 Å². The first-order valence-corrected chi connectivity index (χ1v) is 9.89. The normalized spacial score (nSPS) is 23.8. The van der Waals surface area contributed by atoms with Crippen molar-refractivity contribution in [3.63, 3.8) is 0 Å². The Hall–Kier alpha value is -1.96. The van der Waals surface area contributed by atoms with E-state index in [1.807, 2.05) is 12.3 Å². The van der Waals surface area contributed by atoms with Crippen LogP contribution in [0.3, 0.4) is 0 Å². The van der Waals surface area contributed by atoms with Crippen LogP contribution in [0.25, 0.3) is 10.9 Å². The van der Waals surface area contributed by atoms with Gasteiger partial charge >= 0.3 is 0 Å². The first-order valence-electron chi connectivity index (χ1n) is 8.65. The zero-order valence-corrected chi connectivity index (χ0v) is 14.4. The van der Waals surface area contributed by atoms with Crippen molar-refractivity contribution in [3.8, 4) is 0 Å². The molecule has 0 N–H and O–H groups in total. The minimum atomic E-state index is -0.516. The highest BCUT2D eigenvalue weighted by molar-refractivity contribution is 7.65. The van der Waals surface area contributed by atoms with Gasteiger partial charge in [-0.2, -0.15) is 0 Å². The van der Waals surface area contributed by atoms with E-state index in [0.717, 1.165) is 6.54 Å². The van der Waals surface area contributed by atoms with Crippen LogP contribution in [0.1, 0.15) is 12.8 Å². The van der Waals surface area contributed by atoms with Crippen molar-refractivity contribution in [2.24, 2.45) is 0 Å². The summed E-state index contributed by atoms with van der Waals surface area (Å²) in [5.41, 5.74) is 2.51. The molecule has 4 heteroatoms. The van der Waals surface area contributed by atoms with Gasteiger partial charge in [-0.1, -0.05) is 36.4 Å². The van der Waals surface area contributed by atoms with Gasteiger partial charge in [0.2, 0.25) is 0 Å².